The zero-order valence-corrected chi connectivity index (χ0v) is 10.5. The first-order chi connectivity index (χ1) is 8.15. The quantitative estimate of drug-likeness (QED) is 0.803. The van der Waals surface area contributed by atoms with E-state index in [1.165, 1.54) is 12.8 Å². The van der Waals surface area contributed by atoms with E-state index in [-0.39, 0.29) is 5.56 Å². The number of nitrogens with one attached hydrogen (secondary N) is 2. The lowest BCUT2D eigenvalue weighted by molar-refractivity contribution is 0.380. The number of hydrogen-bond donors (Lipinski definition) is 2. The Balaban J connectivity index is 2.03. The molecule has 1 fully saturated rings. The van der Waals surface area contributed by atoms with Crippen molar-refractivity contribution in [2.75, 3.05) is 31.6 Å². The van der Waals surface area contributed by atoms with Gasteiger partial charge in [0.05, 0.1) is 0 Å². The molecule has 0 saturated carbocycles. The summed E-state index contributed by atoms with van der Waals surface area (Å²) in [6.07, 6.45) is 2.49. The normalized spacial score (nSPS) is 20.2. The lowest BCUT2D eigenvalue weighted by Crippen LogP contribution is -2.37. The topological polar surface area (TPSA) is 61.0 Å². The molecule has 0 aliphatic carbocycles. The zero-order chi connectivity index (χ0) is 12.3. The van der Waals surface area contributed by atoms with Gasteiger partial charge in [0.2, 0.25) is 0 Å². The van der Waals surface area contributed by atoms with E-state index in [1.807, 2.05) is 7.05 Å². The van der Waals surface area contributed by atoms with Gasteiger partial charge in [0.15, 0.2) is 0 Å². The Morgan fingerprint density at radius 2 is 2.41 bits per heavy atom. The molecule has 2 rings (SSSR count). The minimum absolute atomic E-state index is 0.0823. The number of hydrogen-bond acceptors (Lipinski definition) is 4. The largest absolute Gasteiger partial charge is 0.359 e. The molecule has 5 heteroatoms. The predicted molar refractivity (Wildman–Crippen MR) is 68.5 cm³/mol. The molecular formula is C12H20N4O. The molecule has 2 N–H and O–H groups in total. The van der Waals surface area contributed by atoms with Crippen molar-refractivity contribution in [3.05, 3.63) is 22.2 Å². The Hall–Kier alpha value is -1.36. The number of nitrogens with zero attached hydrogens (tertiary/aromatic N) is 2. The highest BCUT2D eigenvalue weighted by Gasteiger charge is 2.16. The average Bonchev–Trinajstić information content (AvgIpc) is 2.29. The molecule has 1 aromatic heterocycles. The van der Waals surface area contributed by atoms with Gasteiger partial charge in [0.25, 0.3) is 5.56 Å². The van der Waals surface area contributed by atoms with E-state index in [1.54, 1.807) is 13.0 Å². The molecule has 0 radical (unpaired) electrons. The van der Waals surface area contributed by atoms with Gasteiger partial charge in [-0.05, 0) is 38.8 Å². The van der Waals surface area contributed by atoms with Crippen molar-refractivity contribution >= 4 is 5.82 Å². The summed E-state index contributed by atoms with van der Waals surface area (Å²) in [4.78, 5) is 20.5. The first-order valence-corrected chi connectivity index (χ1v) is 6.15. The van der Waals surface area contributed by atoms with Gasteiger partial charge in [-0.3, -0.25) is 4.79 Å². The second kappa shape index (κ2) is 5.31. The van der Waals surface area contributed by atoms with Gasteiger partial charge in [-0.1, -0.05) is 0 Å². The van der Waals surface area contributed by atoms with Crippen molar-refractivity contribution in [1.29, 1.82) is 0 Å². The van der Waals surface area contributed by atoms with E-state index in [2.05, 4.69) is 20.2 Å². The third kappa shape index (κ3) is 3.30. The third-order valence-electron chi connectivity index (χ3n) is 3.17. The smallest absolute Gasteiger partial charge is 0.252 e. The maximum atomic E-state index is 11.4. The van der Waals surface area contributed by atoms with Crippen LogP contribution in [-0.2, 0) is 0 Å². The van der Waals surface area contributed by atoms with Crippen LogP contribution in [0.15, 0.2) is 10.9 Å². The molecule has 94 valence electrons. The van der Waals surface area contributed by atoms with Gasteiger partial charge in [0, 0.05) is 19.7 Å². The number of piperidine rings is 1. The van der Waals surface area contributed by atoms with Crippen LogP contribution >= 0.6 is 0 Å². The summed E-state index contributed by atoms with van der Waals surface area (Å²) in [6, 6.07) is 1.56. The highest BCUT2D eigenvalue weighted by molar-refractivity contribution is 5.36. The standard InChI is InChI=1S/C12H20N4O/c1-9-14-11(6-12(17)15-9)16(2)8-10-4-3-5-13-7-10/h6,10,13H,3-5,7-8H2,1-2H3,(H,14,15,17). The van der Waals surface area contributed by atoms with Crippen LogP contribution in [0.1, 0.15) is 18.7 Å². The van der Waals surface area contributed by atoms with Gasteiger partial charge in [-0.25, -0.2) is 4.98 Å². The summed E-state index contributed by atoms with van der Waals surface area (Å²) in [6.45, 7) is 4.94. The fourth-order valence-corrected chi connectivity index (χ4v) is 2.32. The minimum Gasteiger partial charge on any atom is -0.359 e. The molecule has 0 amide bonds. The maximum absolute atomic E-state index is 11.4. The molecule has 1 atom stereocenters. The van der Waals surface area contributed by atoms with E-state index < -0.39 is 0 Å². The molecule has 0 bridgehead atoms. The molecule has 5 nitrogen and oxygen atoms in total. The lowest BCUT2D eigenvalue weighted by Gasteiger charge is -2.28. The number of aromatic amines is 1. The van der Waals surface area contributed by atoms with Crippen molar-refractivity contribution in [3.63, 3.8) is 0 Å². The summed E-state index contributed by atoms with van der Waals surface area (Å²) < 4.78 is 0. The van der Waals surface area contributed by atoms with Crippen LogP contribution in [0.5, 0.6) is 0 Å². The monoisotopic (exact) mass is 236 g/mol. The average molecular weight is 236 g/mol. The van der Waals surface area contributed by atoms with E-state index in [0.29, 0.717) is 11.7 Å². The molecular weight excluding hydrogens is 216 g/mol. The number of H-pyrrole nitrogens is 1. The molecule has 1 saturated heterocycles. The van der Waals surface area contributed by atoms with Crippen molar-refractivity contribution in [2.24, 2.45) is 5.92 Å². The fraction of sp³-hybridized carbons (Fsp3) is 0.667. The molecule has 1 aliphatic heterocycles. The van der Waals surface area contributed by atoms with E-state index in [4.69, 9.17) is 0 Å². The SMILES string of the molecule is Cc1nc(N(C)CC2CCCNC2)cc(=O)[nH]1. The summed E-state index contributed by atoms with van der Waals surface area (Å²) in [5.74, 6) is 2.08. The number of anilines is 1. The Kier molecular flexibility index (Phi) is 3.78. The summed E-state index contributed by atoms with van der Waals surface area (Å²) in [5, 5.41) is 3.40. The summed E-state index contributed by atoms with van der Waals surface area (Å²) in [7, 11) is 2.00. The van der Waals surface area contributed by atoms with Gasteiger partial charge in [0.1, 0.15) is 11.6 Å². The number of aryl methyl sites for hydroxylation is 1. The highest BCUT2D eigenvalue weighted by atomic mass is 16.1. The van der Waals surface area contributed by atoms with Crippen LogP contribution < -0.4 is 15.8 Å². The van der Waals surface area contributed by atoms with Crippen LogP contribution in [0.25, 0.3) is 0 Å². The van der Waals surface area contributed by atoms with Crippen LogP contribution in [0, 0.1) is 12.8 Å². The van der Waals surface area contributed by atoms with E-state index in [0.717, 1.165) is 25.5 Å². The lowest BCUT2D eigenvalue weighted by atomic mass is 9.99. The molecule has 1 aliphatic rings. The first kappa shape index (κ1) is 12.1. The Bertz CT molecular complexity index is 423. The number of aromatic nitrogens is 2. The minimum atomic E-state index is -0.0823. The Morgan fingerprint density at radius 3 is 3.06 bits per heavy atom. The van der Waals surface area contributed by atoms with Crippen molar-refractivity contribution in [3.8, 4) is 0 Å². The van der Waals surface area contributed by atoms with Crippen molar-refractivity contribution < 1.29 is 0 Å². The van der Waals surface area contributed by atoms with Crippen LogP contribution in [0.2, 0.25) is 0 Å². The molecule has 2 heterocycles. The van der Waals surface area contributed by atoms with Gasteiger partial charge >= 0.3 is 0 Å². The molecule has 1 unspecified atom stereocenters. The molecule has 17 heavy (non-hydrogen) atoms. The summed E-state index contributed by atoms with van der Waals surface area (Å²) in [5.41, 5.74) is -0.0823. The van der Waals surface area contributed by atoms with Crippen LogP contribution in [-0.4, -0.2) is 36.6 Å². The summed E-state index contributed by atoms with van der Waals surface area (Å²) >= 11 is 0. The van der Waals surface area contributed by atoms with Gasteiger partial charge < -0.3 is 15.2 Å². The zero-order valence-electron chi connectivity index (χ0n) is 10.5. The highest BCUT2D eigenvalue weighted by Crippen LogP contribution is 2.14. The fourth-order valence-electron chi connectivity index (χ4n) is 2.32. The van der Waals surface area contributed by atoms with Crippen molar-refractivity contribution in [1.82, 2.24) is 15.3 Å². The first-order valence-electron chi connectivity index (χ1n) is 6.15. The maximum Gasteiger partial charge on any atom is 0.252 e. The number of rotatable bonds is 3. The Labute approximate surface area is 101 Å². The Morgan fingerprint density at radius 1 is 1.59 bits per heavy atom. The third-order valence-corrected chi connectivity index (χ3v) is 3.17. The van der Waals surface area contributed by atoms with Crippen LogP contribution in [0.3, 0.4) is 0 Å². The molecule has 1 aromatic rings. The van der Waals surface area contributed by atoms with Gasteiger partial charge in [-0.15, -0.1) is 0 Å². The van der Waals surface area contributed by atoms with Crippen LogP contribution in [0.4, 0.5) is 5.82 Å². The second-order valence-electron chi connectivity index (χ2n) is 4.78. The van der Waals surface area contributed by atoms with E-state index >= 15 is 0 Å². The molecule has 0 aromatic carbocycles. The molecule has 0 spiro atoms. The van der Waals surface area contributed by atoms with Crippen molar-refractivity contribution in [2.45, 2.75) is 19.8 Å². The van der Waals surface area contributed by atoms with E-state index in [9.17, 15) is 4.79 Å². The second-order valence-corrected chi connectivity index (χ2v) is 4.78. The predicted octanol–water partition coefficient (Wildman–Crippen LogP) is 0.514. The van der Waals surface area contributed by atoms with Gasteiger partial charge in [-0.2, -0.15) is 0 Å².